The minimum Gasteiger partial charge on any atom is -0.324 e. The molecule has 0 saturated heterocycles. The smallest absolute Gasteiger partial charge is 0.147 e. The Kier molecular flexibility index (Phi) is 3.71. The molecule has 1 atom stereocenters. The maximum Gasteiger partial charge on any atom is 0.147 e. The molecule has 2 aromatic rings. The van der Waals surface area contributed by atoms with E-state index in [4.69, 9.17) is 17.3 Å². The molecule has 1 aliphatic carbocycles. The number of halogens is 1. The zero-order valence-corrected chi connectivity index (χ0v) is 13.4. The summed E-state index contributed by atoms with van der Waals surface area (Å²) >= 11 is 6.02. The molecule has 1 fully saturated rings. The third-order valence-corrected chi connectivity index (χ3v) is 4.93. The lowest BCUT2D eigenvalue weighted by molar-refractivity contribution is 0.570. The molecule has 1 aromatic carbocycles. The minimum absolute atomic E-state index is 0.0722. The van der Waals surface area contributed by atoms with Gasteiger partial charge in [0.2, 0.25) is 0 Å². The summed E-state index contributed by atoms with van der Waals surface area (Å²) in [5.41, 5.74) is 8.03. The summed E-state index contributed by atoms with van der Waals surface area (Å²) in [7, 11) is -3.02. The maximum absolute atomic E-state index is 11.3. The first-order chi connectivity index (χ1) is 9.85. The average molecular weight is 328 g/mol. The van der Waals surface area contributed by atoms with E-state index < -0.39 is 9.84 Å². The first-order valence-electron chi connectivity index (χ1n) is 6.96. The van der Waals surface area contributed by atoms with Crippen molar-refractivity contribution in [3.8, 4) is 0 Å². The van der Waals surface area contributed by atoms with Gasteiger partial charge in [-0.15, -0.1) is 0 Å². The highest BCUT2D eigenvalue weighted by Crippen LogP contribution is 2.40. The van der Waals surface area contributed by atoms with E-state index >= 15 is 0 Å². The van der Waals surface area contributed by atoms with Gasteiger partial charge in [0.05, 0.1) is 22.8 Å². The van der Waals surface area contributed by atoms with Crippen molar-refractivity contribution in [1.29, 1.82) is 0 Å². The Balaban J connectivity index is 1.98. The zero-order valence-electron chi connectivity index (χ0n) is 11.8. The molecule has 1 aromatic heterocycles. The van der Waals surface area contributed by atoms with Gasteiger partial charge >= 0.3 is 0 Å². The number of fused-ring (bicyclic) bond motifs is 1. The number of benzene rings is 1. The van der Waals surface area contributed by atoms with E-state index in [1.807, 2.05) is 18.2 Å². The van der Waals surface area contributed by atoms with Crippen LogP contribution in [0.4, 0.5) is 0 Å². The van der Waals surface area contributed by atoms with E-state index in [0.717, 1.165) is 29.7 Å². The van der Waals surface area contributed by atoms with E-state index in [2.05, 4.69) is 9.55 Å². The van der Waals surface area contributed by atoms with Crippen LogP contribution >= 0.6 is 11.6 Å². The lowest BCUT2D eigenvalue weighted by atomic mass is 10.2. The van der Waals surface area contributed by atoms with Crippen molar-refractivity contribution in [2.24, 2.45) is 5.73 Å². The van der Waals surface area contributed by atoms with E-state index in [1.54, 1.807) is 0 Å². The molecule has 0 aliphatic heterocycles. The third-order valence-electron chi connectivity index (χ3n) is 3.72. The van der Waals surface area contributed by atoms with Crippen LogP contribution in [0.2, 0.25) is 5.02 Å². The molecule has 1 saturated carbocycles. The van der Waals surface area contributed by atoms with Crippen LogP contribution in [0.3, 0.4) is 0 Å². The SMILES string of the molecule is CS(=O)(=O)CCC(N)c1nc2cc(Cl)ccc2n1C1CC1. The fraction of sp³-hybridized carbons (Fsp3) is 0.500. The van der Waals surface area contributed by atoms with Crippen LogP contribution < -0.4 is 5.73 Å². The average Bonchev–Trinajstić information content (AvgIpc) is 3.16. The molecular weight excluding hydrogens is 310 g/mol. The molecule has 0 amide bonds. The van der Waals surface area contributed by atoms with Crippen LogP contribution in [-0.4, -0.2) is 30.0 Å². The monoisotopic (exact) mass is 327 g/mol. The number of aromatic nitrogens is 2. The first-order valence-corrected chi connectivity index (χ1v) is 9.40. The van der Waals surface area contributed by atoms with Gasteiger partial charge < -0.3 is 10.3 Å². The van der Waals surface area contributed by atoms with E-state index in [-0.39, 0.29) is 11.8 Å². The van der Waals surface area contributed by atoms with Gasteiger partial charge in [0, 0.05) is 17.3 Å². The second-order valence-corrected chi connectivity index (χ2v) is 8.43. The van der Waals surface area contributed by atoms with Crippen molar-refractivity contribution in [1.82, 2.24) is 9.55 Å². The van der Waals surface area contributed by atoms with Crippen LogP contribution in [-0.2, 0) is 9.84 Å². The molecule has 5 nitrogen and oxygen atoms in total. The van der Waals surface area contributed by atoms with Gasteiger partial charge in [-0.3, -0.25) is 0 Å². The van der Waals surface area contributed by atoms with Crippen molar-refractivity contribution in [3.63, 3.8) is 0 Å². The fourth-order valence-corrected chi connectivity index (χ4v) is 3.39. The lowest BCUT2D eigenvalue weighted by Gasteiger charge is -2.13. The predicted octanol–water partition coefficient (Wildman–Crippen LogP) is 2.46. The molecule has 1 aliphatic rings. The summed E-state index contributed by atoms with van der Waals surface area (Å²) in [6.45, 7) is 0. The van der Waals surface area contributed by atoms with Crippen molar-refractivity contribution < 1.29 is 8.42 Å². The third kappa shape index (κ3) is 3.22. The van der Waals surface area contributed by atoms with Crippen LogP contribution in [0, 0.1) is 0 Å². The molecule has 1 unspecified atom stereocenters. The molecule has 114 valence electrons. The Morgan fingerprint density at radius 3 is 2.81 bits per heavy atom. The lowest BCUT2D eigenvalue weighted by Crippen LogP contribution is -2.19. The molecule has 7 heteroatoms. The summed E-state index contributed by atoms with van der Waals surface area (Å²) in [6.07, 6.45) is 3.83. The van der Waals surface area contributed by atoms with Crippen molar-refractivity contribution in [3.05, 3.63) is 29.0 Å². The van der Waals surface area contributed by atoms with E-state index in [1.165, 1.54) is 6.26 Å². The molecule has 0 bridgehead atoms. The standard InChI is InChI=1S/C14H18ClN3O2S/c1-21(19,20)7-6-11(16)14-17-12-8-9(15)2-5-13(12)18(14)10-3-4-10/h2,5,8,10-11H,3-4,6-7,16H2,1H3. The highest BCUT2D eigenvalue weighted by molar-refractivity contribution is 7.90. The van der Waals surface area contributed by atoms with Crippen molar-refractivity contribution in [2.45, 2.75) is 31.3 Å². The molecule has 0 spiro atoms. The molecule has 0 radical (unpaired) electrons. The van der Waals surface area contributed by atoms with E-state index in [9.17, 15) is 8.42 Å². The number of nitrogens with two attached hydrogens (primary N) is 1. The summed E-state index contributed by atoms with van der Waals surface area (Å²) in [4.78, 5) is 4.59. The summed E-state index contributed by atoms with van der Waals surface area (Å²) < 4.78 is 24.8. The summed E-state index contributed by atoms with van der Waals surface area (Å²) in [5, 5.41) is 0.638. The van der Waals surface area contributed by atoms with Gasteiger partial charge in [0.15, 0.2) is 0 Å². The zero-order chi connectivity index (χ0) is 15.2. The summed E-state index contributed by atoms with van der Waals surface area (Å²) in [5.74, 6) is 0.835. The summed E-state index contributed by atoms with van der Waals surface area (Å²) in [6, 6.07) is 5.66. The molecule has 3 rings (SSSR count). The first kappa shape index (κ1) is 14.8. The Hall–Kier alpha value is -1.11. The number of rotatable bonds is 5. The number of hydrogen-bond donors (Lipinski definition) is 1. The maximum atomic E-state index is 11.3. The quantitative estimate of drug-likeness (QED) is 0.915. The fourth-order valence-electron chi connectivity index (χ4n) is 2.54. The van der Waals surface area contributed by atoms with Crippen LogP contribution in [0.25, 0.3) is 11.0 Å². The topological polar surface area (TPSA) is 78.0 Å². The van der Waals surface area contributed by atoms with Crippen LogP contribution in [0.15, 0.2) is 18.2 Å². The van der Waals surface area contributed by atoms with Crippen molar-refractivity contribution in [2.75, 3.05) is 12.0 Å². The molecule has 21 heavy (non-hydrogen) atoms. The van der Waals surface area contributed by atoms with Crippen LogP contribution in [0.5, 0.6) is 0 Å². The minimum atomic E-state index is -3.02. The molecule has 2 N–H and O–H groups in total. The van der Waals surface area contributed by atoms with Gasteiger partial charge in [-0.25, -0.2) is 13.4 Å². The Labute approximate surface area is 129 Å². The van der Waals surface area contributed by atoms with Crippen molar-refractivity contribution >= 4 is 32.5 Å². The highest BCUT2D eigenvalue weighted by Gasteiger charge is 2.30. The number of hydrogen-bond acceptors (Lipinski definition) is 4. The van der Waals surface area contributed by atoms with Gasteiger partial charge in [-0.2, -0.15) is 0 Å². The number of nitrogens with zero attached hydrogens (tertiary/aromatic N) is 2. The molecule has 1 heterocycles. The van der Waals surface area contributed by atoms with Crippen LogP contribution in [0.1, 0.15) is 37.2 Å². The number of sulfone groups is 1. The van der Waals surface area contributed by atoms with E-state index in [0.29, 0.717) is 17.5 Å². The largest absolute Gasteiger partial charge is 0.324 e. The predicted molar refractivity (Wildman–Crippen MR) is 84.3 cm³/mol. The second kappa shape index (κ2) is 5.26. The molecular formula is C14H18ClN3O2S. The Morgan fingerprint density at radius 2 is 2.19 bits per heavy atom. The van der Waals surface area contributed by atoms with Gasteiger partial charge in [0.1, 0.15) is 15.7 Å². The highest BCUT2D eigenvalue weighted by atomic mass is 35.5. The van der Waals surface area contributed by atoms with Gasteiger partial charge in [-0.1, -0.05) is 11.6 Å². The second-order valence-electron chi connectivity index (χ2n) is 5.73. The normalized spacial score (nSPS) is 17.3. The number of imidazole rings is 1. The Bertz CT molecular complexity index is 781. The van der Waals surface area contributed by atoms with Gasteiger partial charge in [-0.05, 0) is 37.5 Å². The van der Waals surface area contributed by atoms with Gasteiger partial charge in [0.25, 0.3) is 0 Å². The Morgan fingerprint density at radius 1 is 1.48 bits per heavy atom.